The van der Waals surface area contributed by atoms with E-state index in [1.54, 1.807) is 0 Å². The molecule has 0 aromatic heterocycles. The van der Waals surface area contributed by atoms with Gasteiger partial charge in [0.15, 0.2) is 5.78 Å². The molecular formula is C7H4N2O3. The van der Waals surface area contributed by atoms with Crippen LogP contribution in [0, 0.1) is 0 Å². The van der Waals surface area contributed by atoms with Gasteiger partial charge in [0.05, 0.1) is 18.2 Å². The zero-order valence-electron chi connectivity index (χ0n) is 5.98. The van der Waals surface area contributed by atoms with Gasteiger partial charge in [-0.25, -0.2) is 4.99 Å². The van der Waals surface area contributed by atoms with Gasteiger partial charge < -0.3 is 4.84 Å². The molecule has 0 atom stereocenters. The lowest BCUT2D eigenvalue weighted by Crippen LogP contribution is -2.25. The van der Waals surface area contributed by atoms with Crippen LogP contribution in [0.25, 0.3) is 0 Å². The fourth-order valence-electron chi connectivity index (χ4n) is 0.998. The van der Waals surface area contributed by atoms with Crippen LogP contribution in [0.2, 0.25) is 0 Å². The molecule has 0 bridgehead atoms. The number of amides is 1. The lowest BCUT2D eigenvalue weighted by Gasteiger charge is -2.11. The van der Waals surface area contributed by atoms with Crippen LogP contribution in [0.15, 0.2) is 22.0 Å². The number of ketones is 1. The van der Waals surface area contributed by atoms with Crippen LogP contribution in [-0.4, -0.2) is 23.6 Å². The molecule has 60 valence electrons. The minimum atomic E-state index is -0.430. The molecule has 2 heterocycles. The molecule has 5 heteroatoms. The van der Waals surface area contributed by atoms with Gasteiger partial charge in [0.25, 0.3) is 5.91 Å². The number of rotatable bonds is 0. The summed E-state index contributed by atoms with van der Waals surface area (Å²) >= 11 is 0. The first-order valence-electron chi connectivity index (χ1n) is 3.32. The van der Waals surface area contributed by atoms with Crippen molar-refractivity contribution in [3.05, 3.63) is 11.8 Å². The zero-order valence-corrected chi connectivity index (χ0v) is 5.98. The van der Waals surface area contributed by atoms with Crippen molar-refractivity contribution in [1.29, 1.82) is 0 Å². The third kappa shape index (κ3) is 0.952. The fourth-order valence-corrected chi connectivity index (χ4v) is 0.998. The van der Waals surface area contributed by atoms with Crippen molar-refractivity contribution in [3.63, 3.8) is 0 Å². The van der Waals surface area contributed by atoms with E-state index in [0.717, 1.165) is 0 Å². The number of carbonyl (C=O) groups is 2. The smallest absolute Gasteiger partial charge is 0.254 e. The SMILES string of the molecule is O=C1CC(=O)C2=CON=CC2=N1. The number of fused-ring (bicyclic) bond motifs is 1. The average Bonchev–Trinajstić information content (AvgIpc) is 2.04. The first-order valence-corrected chi connectivity index (χ1v) is 3.32. The molecule has 0 aliphatic carbocycles. The molecule has 0 fully saturated rings. The van der Waals surface area contributed by atoms with E-state index in [4.69, 9.17) is 0 Å². The van der Waals surface area contributed by atoms with E-state index < -0.39 is 5.91 Å². The summed E-state index contributed by atoms with van der Waals surface area (Å²) in [6, 6.07) is 0. The normalized spacial score (nSPS) is 21.0. The molecule has 2 aliphatic rings. The molecule has 0 N–H and O–H groups in total. The highest BCUT2D eigenvalue weighted by Crippen LogP contribution is 2.13. The minimum Gasteiger partial charge on any atom is -0.364 e. The highest BCUT2D eigenvalue weighted by molar-refractivity contribution is 6.50. The van der Waals surface area contributed by atoms with E-state index in [1.807, 2.05) is 0 Å². The maximum absolute atomic E-state index is 11.1. The lowest BCUT2D eigenvalue weighted by atomic mass is 10.0. The Balaban J connectivity index is 2.49. The highest BCUT2D eigenvalue weighted by atomic mass is 16.6. The Hall–Kier alpha value is -1.78. The molecule has 0 saturated heterocycles. The van der Waals surface area contributed by atoms with Gasteiger partial charge in [-0.1, -0.05) is 5.16 Å². The maximum atomic E-state index is 11.1. The molecular weight excluding hydrogens is 160 g/mol. The van der Waals surface area contributed by atoms with Crippen LogP contribution >= 0.6 is 0 Å². The largest absolute Gasteiger partial charge is 0.364 e. The Morgan fingerprint density at radius 3 is 3.08 bits per heavy atom. The van der Waals surface area contributed by atoms with Crippen molar-refractivity contribution in [1.82, 2.24) is 0 Å². The molecule has 2 aliphatic heterocycles. The predicted octanol–water partition coefficient (Wildman–Crippen LogP) is -0.173. The van der Waals surface area contributed by atoms with Gasteiger partial charge in [-0.15, -0.1) is 0 Å². The Morgan fingerprint density at radius 1 is 1.42 bits per heavy atom. The van der Waals surface area contributed by atoms with E-state index in [9.17, 15) is 9.59 Å². The molecule has 0 unspecified atom stereocenters. The van der Waals surface area contributed by atoms with E-state index in [-0.39, 0.29) is 12.2 Å². The Morgan fingerprint density at radius 2 is 2.25 bits per heavy atom. The van der Waals surface area contributed by atoms with Crippen LogP contribution in [-0.2, 0) is 14.4 Å². The average molecular weight is 164 g/mol. The molecule has 1 amide bonds. The van der Waals surface area contributed by atoms with Crippen LogP contribution in [0.1, 0.15) is 6.42 Å². The fraction of sp³-hybridized carbons (Fsp3) is 0.143. The number of carbonyl (C=O) groups excluding carboxylic acids is 2. The third-order valence-corrected chi connectivity index (χ3v) is 1.54. The van der Waals surface area contributed by atoms with Crippen LogP contribution in [0.4, 0.5) is 0 Å². The second-order valence-electron chi connectivity index (χ2n) is 2.36. The summed E-state index contributed by atoms with van der Waals surface area (Å²) in [5, 5.41) is 3.39. The van der Waals surface area contributed by atoms with E-state index in [2.05, 4.69) is 15.0 Å². The van der Waals surface area contributed by atoms with Gasteiger partial charge in [-0.3, -0.25) is 9.59 Å². The summed E-state index contributed by atoms with van der Waals surface area (Å²) in [5.74, 6) is -0.698. The van der Waals surface area contributed by atoms with Crippen molar-refractivity contribution >= 4 is 23.6 Å². The summed E-state index contributed by atoms with van der Waals surface area (Å²) in [6.07, 6.45) is 2.28. The quantitative estimate of drug-likeness (QED) is 0.466. The summed E-state index contributed by atoms with van der Waals surface area (Å²) in [6.45, 7) is 0. The van der Waals surface area contributed by atoms with E-state index in [1.165, 1.54) is 12.5 Å². The van der Waals surface area contributed by atoms with E-state index in [0.29, 0.717) is 11.3 Å². The Labute approximate surface area is 67.4 Å². The van der Waals surface area contributed by atoms with Crippen molar-refractivity contribution in [2.45, 2.75) is 6.42 Å². The Bertz CT molecular complexity index is 352. The van der Waals surface area contributed by atoms with Gasteiger partial charge in [0, 0.05) is 0 Å². The predicted molar refractivity (Wildman–Crippen MR) is 39.7 cm³/mol. The molecule has 2 rings (SSSR count). The summed E-state index contributed by atoms with van der Waals surface area (Å²) in [7, 11) is 0. The van der Waals surface area contributed by atoms with Crippen molar-refractivity contribution in [2.24, 2.45) is 10.1 Å². The van der Waals surface area contributed by atoms with Gasteiger partial charge in [-0.2, -0.15) is 0 Å². The monoisotopic (exact) mass is 164 g/mol. The number of hydrogen-bond donors (Lipinski definition) is 0. The highest BCUT2D eigenvalue weighted by Gasteiger charge is 2.26. The summed E-state index contributed by atoms with van der Waals surface area (Å²) in [4.78, 5) is 30.1. The second kappa shape index (κ2) is 2.37. The van der Waals surface area contributed by atoms with Crippen LogP contribution < -0.4 is 0 Å². The van der Waals surface area contributed by atoms with Crippen molar-refractivity contribution in [3.8, 4) is 0 Å². The maximum Gasteiger partial charge on any atom is 0.254 e. The van der Waals surface area contributed by atoms with Crippen molar-refractivity contribution in [2.75, 3.05) is 0 Å². The topological polar surface area (TPSA) is 68.1 Å². The molecule has 0 radical (unpaired) electrons. The first kappa shape index (κ1) is 6.90. The standard InChI is InChI=1S/C7H4N2O3/c10-6-1-7(11)9-5-2-8-12-3-4(5)6/h2-3H,1H2. The summed E-state index contributed by atoms with van der Waals surface area (Å²) < 4.78 is 0. The number of aliphatic imine (C=N–C) groups is 1. The molecule has 12 heavy (non-hydrogen) atoms. The molecule has 5 nitrogen and oxygen atoms in total. The van der Waals surface area contributed by atoms with Gasteiger partial charge in [0.2, 0.25) is 0 Å². The van der Waals surface area contributed by atoms with Crippen LogP contribution in [0.3, 0.4) is 0 Å². The van der Waals surface area contributed by atoms with Crippen LogP contribution in [0.5, 0.6) is 0 Å². The second-order valence-corrected chi connectivity index (χ2v) is 2.36. The van der Waals surface area contributed by atoms with Gasteiger partial charge in [0.1, 0.15) is 12.0 Å². The molecule has 0 aromatic carbocycles. The lowest BCUT2D eigenvalue weighted by molar-refractivity contribution is -0.124. The number of nitrogens with zero attached hydrogens (tertiary/aromatic N) is 2. The Kier molecular flexibility index (Phi) is 1.36. The number of Topliss-reactive ketones (excluding diaryl/α,β-unsaturated/α-hetero) is 1. The van der Waals surface area contributed by atoms with E-state index >= 15 is 0 Å². The summed E-state index contributed by atoms with van der Waals surface area (Å²) in [5.41, 5.74) is 0.618. The third-order valence-electron chi connectivity index (χ3n) is 1.54. The minimum absolute atomic E-state index is 0.174. The van der Waals surface area contributed by atoms with Gasteiger partial charge in [-0.05, 0) is 0 Å². The van der Waals surface area contributed by atoms with Crippen molar-refractivity contribution < 1.29 is 14.4 Å². The first-order chi connectivity index (χ1) is 5.77. The zero-order chi connectivity index (χ0) is 8.55. The van der Waals surface area contributed by atoms with Gasteiger partial charge >= 0.3 is 0 Å². The molecule has 0 spiro atoms. The number of hydrogen-bond acceptors (Lipinski definition) is 4. The molecule has 0 aromatic rings. The number of oxime groups is 1. The number of allylic oxidation sites excluding steroid dienone is 1. The molecule has 0 saturated carbocycles.